The topological polar surface area (TPSA) is 52.9 Å². The van der Waals surface area contributed by atoms with Gasteiger partial charge < -0.3 is 5.32 Å². The maximum absolute atomic E-state index is 13.2. The molecule has 1 amide bonds. The first-order valence-electron chi connectivity index (χ1n) is 4.67. The normalized spacial score (nSPS) is 9.62. The Morgan fingerprint density at radius 2 is 2.31 bits per heavy atom. The SMILES string of the molecule is Cc1cc(Cl)c(NC(=O)CCC#N)cc1F. The average Bonchev–Trinajstić information content (AvgIpc) is 2.23. The Kier molecular flexibility index (Phi) is 4.27. The monoisotopic (exact) mass is 240 g/mol. The highest BCUT2D eigenvalue weighted by molar-refractivity contribution is 6.33. The van der Waals surface area contributed by atoms with Crippen LogP contribution < -0.4 is 5.32 Å². The van der Waals surface area contributed by atoms with Crippen LogP contribution >= 0.6 is 11.6 Å². The fraction of sp³-hybridized carbons (Fsp3) is 0.273. The van der Waals surface area contributed by atoms with E-state index in [2.05, 4.69) is 5.32 Å². The lowest BCUT2D eigenvalue weighted by molar-refractivity contribution is -0.116. The molecule has 0 unspecified atom stereocenters. The third kappa shape index (κ3) is 3.21. The molecule has 1 aromatic rings. The second-order valence-corrected chi connectivity index (χ2v) is 3.69. The van der Waals surface area contributed by atoms with Gasteiger partial charge in [-0.15, -0.1) is 0 Å². The van der Waals surface area contributed by atoms with Gasteiger partial charge in [0.25, 0.3) is 0 Å². The van der Waals surface area contributed by atoms with E-state index in [4.69, 9.17) is 16.9 Å². The largest absolute Gasteiger partial charge is 0.325 e. The quantitative estimate of drug-likeness (QED) is 0.883. The molecule has 0 aliphatic heterocycles. The van der Waals surface area contributed by atoms with Crippen LogP contribution in [0.5, 0.6) is 0 Å². The van der Waals surface area contributed by atoms with Crippen LogP contribution in [0.15, 0.2) is 12.1 Å². The molecule has 84 valence electrons. The number of halogens is 2. The third-order valence-electron chi connectivity index (χ3n) is 1.99. The summed E-state index contributed by atoms with van der Waals surface area (Å²) in [4.78, 5) is 11.3. The number of nitriles is 1. The van der Waals surface area contributed by atoms with E-state index in [1.54, 1.807) is 6.92 Å². The van der Waals surface area contributed by atoms with E-state index in [0.717, 1.165) is 0 Å². The summed E-state index contributed by atoms with van der Waals surface area (Å²) in [7, 11) is 0. The van der Waals surface area contributed by atoms with E-state index in [1.807, 2.05) is 6.07 Å². The molecule has 5 heteroatoms. The molecule has 0 saturated heterocycles. The molecule has 16 heavy (non-hydrogen) atoms. The first kappa shape index (κ1) is 12.5. The molecule has 0 aromatic heterocycles. The minimum Gasteiger partial charge on any atom is -0.325 e. The van der Waals surface area contributed by atoms with Gasteiger partial charge in [-0.05, 0) is 24.6 Å². The summed E-state index contributed by atoms with van der Waals surface area (Å²) >= 11 is 5.83. The molecular weight excluding hydrogens is 231 g/mol. The minimum atomic E-state index is -0.431. The number of benzene rings is 1. The van der Waals surface area contributed by atoms with E-state index in [9.17, 15) is 9.18 Å². The lowest BCUT2D eigenvalue weighted by Gasteiger charge is -2.07. The Morgan fingerprint density at radius 3 is 2.94 bits per heavy atom. The van der Waals surface area contributed by atoms with Crippen molar-refractivity contribution in [3.05, 3.63) is 28.5 Å². The van der Waals surface area contributed by atoms with Crippen molar-refractivity contribution in [1.82, 2.24) is 0 Å². The van der Waals surface area contributed by atoms with Crippen molar-refractivity contribution < 1.29 is 9.18 Å². The Bertz CT molecular complexity index is 454. The Balaban J connectivity index is 2.78. The summed E-state index contributed by atoms with van der Waals surface area (Å²) in [6.45, 7) is 1.59. The Labute approximate surface area is 97.8 Å². The number of nitrogens with one attached hydrogen (secondary N) is 1. The van der Waals surface area contributed by atoms with Crippen molar-refractivity contribution in [3.63, 3.8) is 0 Å². The maximum atomic E-state index is 13.2. The number of carbonyl (C=O) groups excluding carboxylic acids is 1. The fourth-order valence-electron chi connectivity index (χ4n) is 1.12. The van der Waals surface area contributed by atoms with Crippen LogP contribution in [0.25, 0.3) is 0 Å². The van der Waals surface area contributed by atoms with Gasteiger partial charge in [-0.1, -0.05) is 11.6 Å². The molecule has 0 bridgehead atoms. The molecule has 0 saturated carbocycles. The molecule has 0 radical (unpaired) electrons. The minimum absolute atomic E-state index is 0.0718. The standard InChI is InChI=1S/C11H10ClFN2O/c1-7-5-8(12)10(6-9(7)13)15-11(16)3-2-4-14/h5-6H,2-3H2,1H3,(H,15,16). The van der Waals surface area contributed by atoms with Gasteiger partial charge in [-0.2, -0.15) is 5.26 Å². The van der Waals surface area contributed by atoms with Crippen molar-refractivity contribution >= 4 is 23.2 Å². The lowest BCUT2D eigenvalue weighted by atomic mass is 10.2. The van der Waals surface area contributed by atoms with Gasteiger partial charge >= 0.3 is 0 Å². The van der Waals surface area contributed by atoms with E-state index >= 15 is 0 Å². The van der Waals surface area contributed by atoms with Gasteiger partial charge in [0.05, 0.1) is 16.8 Å². The second kappa shape index (κ2) is 5.47. The van der Waals surface area contributed by atoms with Crippen molar-refractivity contribution in [2.45, 2.75) is 19.8 Å². The zero-order valence-corrected chi connectivity index (χ0v) is 9.44. The van der Waals surface area contributed by atoms with E-state index < -0.39 is 5.82 Å². The summed E-state index contributed by atoms with van der Waals surface area (Å²) in [5, 5.41) is 11.0. The van der Waals surface area contributed by atoms with Gasteiger partial charge in [0.1, 0.15) is 5.82 Å². The molecule has 0 atom stereocenters. The number of hydrogen-bond acceptors (Lipinski definition) is 2. The number of aryl methyl sites for hydroxylation is 1. The van der Waals surface area contributed by atoms with Crippen LogP contribution in [0.2, 0.25) is 5.02 Å². The highest BCUT2D eigenvalue weighted by Gasteiger charge is 2.08. The van der Waals surface area contributed by atoms with Gasteiger partial charge in [0.2, 0.25) is 5.91 Å². The zero-order valence-electron chi connectivity index (χ0n) is 8.68. The maximum Gasteiger partial charge on any atom is 0.225 e. The van der Waals surface area contributed by atoms with Crippen molar-refractivity contribution in [2.75, 3.05) is 5.32 Å². The third-order valence-corrected chi connectivity index (χ3v) is 2.30. The molecular formula is C11H10ClFN2O. The van der Waals surface area contributed by atoms with Gasteiger partial charge in [0.15, 0.2) is 0 Å². The first-order chi connectivity index (χ1) is 7.54. The molecule has 1 N–H and O–H groups in total. The Hall–Kier alpha value is -1.60. The predicted octanol–water partition coefficient (Wildman–Crippen LogP) is 3.03. The van der Waals surface area contributed by atoms with Crippen molar-refractivity contribution in [1.29, 1.82) is 5.26 Å². The number of carbonyl (C=O) groups is 1. The van der Waals surface area contributed by atoms with Crippen LogP contribution in [-0.4, -0.2) is 5.91 Å². The van der Waals surface area contributed by atoms with Gasteiger partial charge in [0, 0.05) is 12.8 Å². The number of nitrogens with zero attached hydrogens (tertiary/aromatic N) is 1. The number of anilines is 1. The molecule has 0 aliphatic carbocycles. The summed E-state index contributed by atoms with van der Waals surface area (Å²) < 4.78 is 13.2. The highest BCUT2D eigenvalue weighted by atomic mass is 35.5. The Morgan fingerprint density at radius 1 is 1.62 bits per heavy atom. The zero-order chi connectivity index (χ0) is 12.1. The molecule has 0 spiro atoms. The molecule has 3 nitrogen and oxygen atoms in total. The smallest absolute Gasteiger partial charge is 0.225 e. The van der Waals surface area contributed by atoms with Crippen LogP contribution in [0.3, 0.4) is 0 Å². The summed E-state index contributed by atoms with van der Waals surface area (Å²) in [5.74, 6) is -0.785. The van der Waals surface area contributed by atoms with Gasteiger partial charge in [-0.3, -0.25) is 4.79 Å². The van der Waals surface area contributed by atoms with Crippen LogP contribution in [0.1, 0.15) is 18.4 Å². The van der Waals surface area contributed by atoms with Gasteiger partial charge in [-0.25, -0.2) is 4.39 Å². The fourth-order valence-corrected chi connectivity index (χ4v) is 1.39. The van der Waals surface area contributed by atoms with Crippen LogP contribution in [0.4, 0.5) is 10.1 Å². The molecule has 1 rings (SSSR count). The van der Waals surface area contributed by atoms with E-state index in [0.29, 0.717) is 5.56 Å². The molecule has 0 heterocycles. The number of hydrogen-bond donors (Lipinski definition) is 1. The number of amides is 1. The summed E-state index contributed by atoms with van der Waals surface area (Å²) in [6, 6.07) is 4.46. The first-order valence-corrected chi connectivity index (χ1v) is 5.05. The van der Waals surface area contributed by atoms with Crippen LogP contribution in [-0.2, 0) is 4.79 Å². The molecule has 0 fully saturated rings. The predicted molar refractivity (Wildman–Crippen MR) is 59.6 cm³/mol. The summed E-state index contributed by atoms with van der Waals surface area (Å²) in [6.07, 6.45) is 0.195. The molecule has 0 aliphatic rings. The van der Waals surface area contributed by atoms with Crippen LogP contribution in [0, 0.1) is 24.1 Å². The van der Waals surface area contributed by atoms with Crippen molar-refractivity contribution in [2.24, 2.45) is 0 Å². The van der Waals surface area contributed by atoms with Crippen molar-refractivity contribution in [3.8, 4) is 6.07 Å². The average molecular weight is 241 g/mol. The second-order valence-electron chi connectivity index (χ2n) is 3.29. The summed E-state index contributed by atoms with van der Waals surface area (Å²) in [5.41, 5.74) is 0.646. The lowest BCUT2D eigenvalue weighted by Crippen LogP contribution is -2.11. The highest BCUT2D eigenvalue weighted by Crippen LogP contribution is 2.25. The molecule has 1 aromatic carbocycles. The van der Waals surface area contributed by atoms with E-state index in [1.165, 1.54) is 12.1 Å². The van der Waals surface area contributed by atoms with E-state index in [-0.39, 0.29) is 29.5 Å². The number of rotatable bonds is 3.